The summed E-state index contributed by atoms with van der Waals surface area (Å²) in [6, 6.07) is 10.3. The zero-order valence-corrected chi connectivity index (χ0v) is 5.84. The fourth-order valence-corrected chi connectivity index (χ4v) is 0.534. The Bertz CT molecular complexity index is 134. The van der Waals surface area contributed by atoms with Crippen LogP contribution in [0.5, 0.6) is 0 Å². The first kappa shape index (κ1) is 7.74. The molecule has 0 atom stereocenters. The van der Waals surface area contributed by atoms with Crippen LogP contribution in [-0.4, -0.2) is 0 Å². The molecule has 0 aliphatic rings. The number of rotatable bonds is 0. The third-order valence-electron chi connectivity index (χ3n) is 0.940. The molecule has 0 nitrogen and oxygen atoms in total. The molecule has 0 heterocycles. The number of benzene rings is 1. The van der Waals surface area contributed by atoms with Crippen LogP contribution in [0, 0.1) is 6.92 Å². The number of hydrogen-bond acceptors (Lipinski definition) is 0. The smallest absolute Gasteiger partial charge is 0.0622 e. The van der Waals surface area contributed by atoms with Gasteiger partial charge in [-0.15, -0.1) is 0 Å². The van der Waals surface area contributed by atoms with Crippen LogP contribution in [0.1, 0.15) is 5.56 Å². The summed E-state index contributed by atoms with van der Waals surface area (Å²) in [5, 5.41) is 0. The molecule has 0 fully saturated rings. The summed E-state index contributed by atoms with van der Waals surface area (Å²) in [6.07, 6.45) is 0. The summed E-state index contributed by atoms with van der Waals surface area (Å²) in [5.74, 6) is 0. The second kappa shape index (κ2) is 3.71. The van der Waals surface area contributed by atoms with E-state index in [2.05, 4.69) is 19.1 Å². The predicted octanol–water partition coefficient (Wildman–Crippen LogP) is 1.99. The van der Waals surface area contributed by atoms with E-state index in [4.69, 9.17) is 0 Å². The fourth-order valence-electron chi connectivity index (χ4n) is 0.534. The third kappa shape index (κ3) is 2.15. The van der Waals surface area contributed by atoms with Crippen molar-refractivity contribution in [3.63, 3.8) is 0 Å². The van der Waals surface area contributed by atoms with Crippen molar-refractivity contribution in [3.8, 4) is 0 Å². The fraction of sp³-hybridized carbons (Fsp3) is 0.143. The van der Waals surface area contributed by atoms with Crippen molar-refractivity contribution in [2.45, 2.75) is 6.92 Å². The van der Waals surface area contributed by atoms with Gasteiger partial charge in [-0.3, -0.25) is 0 Å². The van der Waals surface area contributed by atoms with E-state index >= 15 is 0 Å². The average molecular weight is 148 g/mol. The molecule has 1 heteroatoms. The van der Waals surface area contributed by atoms with Crippen molar-refractivity contribution in [2.75, 3.05) is 0 Å². The Labute approximate surface area is 60.4 Å². The largest absolute Gasteiger partial charge is 3.00 e. The van der Waals surface area contributed by atoms with Gasteiger partial charge in [0.05, 0.1) is 0 Å². The Morgan fingerprint density at radius 1 is 1.00 bits per heavy atom. The molecule has 8 heavy (non-hydrogen) atoms. The van der Waals surface area contributed by atoms with E-state index in [0.29, 0.717) is 0 Å². The summed E-state index contributed by atoms with van der Waals surface area (Å²) in [7, 11) is 0. The molecular weight excluding hydrogens is 140 g/mol. The maximum absolute atomic E-state index is 2.08. The van der Waals surface area contributed by atoms with E-state index in [-0.39, 0.29) is 17.1 Å². The Morgan fingerprint density at radius 2 is 1.50 bits per heavy atom. The quantitative estimate of drug-likeness (QED) is 0.493. The summed E-state index contributed by atoms with van der Waals surface area (Å²) < 4.78 is 0. The van der Waals surface area contributed by atoms with Crippen molar-refractivity contribution in [3.05, 3.63) is 35.9 Å². The molecule has 0 aromatic heterocycles. The molecular formula is C7H8Fe+3. The number of aryl methyl sites for hydroxylation is 1. The summed E-state index contributed by atoms with van der Waals surface area (Å²) >= 11 is 0. The minimum Gasteiger partial charge on any atom is -0.0622 e. The Morgan fingerprint density at radius 3 is 1.75 bits per heavy atom. The van der Waals surface area contributed by atoms with E-state index in [1.165, 1.54) is 5.56 Å². The van der Waals surface area contributed by atoms with Gasteiger partial charge in [0.25, 0.3) is 0 Å². The molecule has 0 saturated heterocycles. The van der Waals surface area contributed by atoms with E-state index in [0.717, 1.165) is 0 Å². The predicted molar refractivity (Wildman–Crippen MR) is 31.2 cm³/mol. The van der Waals surface area contributed by atoms with Gasteiger partial charge < -0.3 is 0 Å². The molecule has 0 bridgehead atoms. The number of hydrogen-bond donors (Lipinski definition) is 0. The van der Waals surface area contributed by atoms with Crippen molar-refractivity contribution >= 4 is 0 Å². The third-order valence-corrected chi connectivity index (χ3v) is 0.940. The van der Waals surface area contributed by atoms with Gasteiger partial charge in [-0.2, -0.15) is 0 Å². The van der Waals surface area contributed by atoms with E-state index in [1.807, 2.05) is 18.2 Å². The summed E-state index contributed by atoms with van der Waals surface area (Å²) in [4.78, 5) is 0. The molecule has 1 aromatic rings. The second-order valence-corrected chi connectivity index (χ2v) is 1.65. The first-order chi connectivity index (χ1) is 3.39. The zero-order valence-electron chi connectivity index (χ0n) is 4.74. The van der Waals surface area contributed by atoms with Crippen molar-refractivity contribution in [1.29, 1.82) is 0 Å². The minimum atomic E-state index is 0. The van der Waals surface area contributed by atoms with Crippen LogP contribution in [0.4, 0.5) is 0 Å². The first-order valence-electron chi connectivity index (χ1n) is 2.41. The molecule has 0 spiro atoms. The molecule has 41 valence electrons. The van der Waals surface area contributed by atoms with E-state index in [1.54, 1.807) is 0 Å². The van der Waals surface area contributed by atoms with Gasteiger partial charge in [-0.25, -0.2) is 0 Å². The van der Waals surface area contributed by atoms with Crippen LogP contribution in [-0.2, 0) is 17.1 Å². The molecule has 0 aliphatic heterocycles. The monoisotopic (exact) mass is 148 g/mol. The van der Waals surface area contributed by atoms with Crippen LogP contribution in [0.15, 0.2) is 30.3 Å². The van der Waals surface area contributed by atoms with Crippen LogP contribution in [0.2, 0.25) is 0 Å². The molecule has 0 unspecified atom stereocenters. The van der Waals surface area contributed by atoms with Gasteiger partial charge in [0.15, 0.2) is 0 Å². The molecule has 1 radical (unpaired) electrons. The van der Waals surface area contributed by atoms with Crippen molar-refractivity contribution in [2.24, 2.45) is 0 Å². The molecule has 1 aromatic carbocycles. The minimum absolute atomic E-state index is 0. The molecule has 0 saturated carbocycles. The second-order valence-electron chi connectivity index (χ2n) is 1.65. The molecule has 0 amide bonds. The van der Waals surface area contributed by atoms with Gasteiger partial charge in [0.1, 0.15) is 0 Å². The van der Waals surface area contributed by atoms with E-state index in [9.17, 15) is 0 Å². The topological polar surface area (TPSA) is 0 Å². The Hall–Kier alpha value is -0.261. The average Bonchev–Trinajstić information content (AvgIpc) is 1.69. The van der Waals surface area contributed by atoms with Gasteiger partial charge in [-0.1, -0.05) is 35.9 Å². The van der Waals surface area contributed by atoms with Gasteiger partial charge >= 0.3 is 17.1 Å². The van der Waals surface area contributed by atoms with Crippen molar-refractivity contribution < 1.29 is 17.1 Å². The van der Waals surface area contributed by atoms with Crippen molar-refractivity contribution in [1.82, 2.24) is 0 Å². The maximum Gasteiger partial charge on any atom is 3.00 e. The Balaban J connectivity index is 0.000000490. The van der Waals surface area contributed by atoms with Crippen LogP contribution >= 0.6 is 0 Å². The SMILES string of the molecule is Cc1ccccc1.[Fe+3]. The van der Waals surface area contributed by atoms with Gasteiger partial charge in [0, 0.05) is 0 Å². The maximum atomic E-state index is 2.08. The summed E-state index contributed by atoms with van der Waals surface area (Å²) in [6.45, 7) is 2.08. The van der Waals surface area contributed by atoms with Gasteiger partial charge in [0.2, 0.25) is 0 Å². The first-order valence-corrected chi connectivity index (χ1v) is 2.41. The van der Waals surface area contributed by atoms with Crippen LogP contribution < -0.4 is 0 Å². The Kier molecular flexibility index (Phi) is 3.59. The van der Waals surface area contributed by atoms with Crippen LogP contribution in [0.25, 0.3) is 0 Å². The summed E-state index contributed by atoms with van der Waals surface area (Å²) in [5.41, 5.74) is 1.32. The van der Waals surface area contributed by atoms with E-state index < -0.39 is 0 Å². The van der Waals surface area contributed by atoms with Crippen LogP contribution in [0.3, 0.4) is 0 Å². The standard InChI is InChI=1S/C7H8.Fe/c1-7-5-3-2-4-6-7;/h2-6H,1H3;/q;+3. The molecule has 0 N–H and O–H groups in total. The normalized spacial score (nSPS) is 7.62. The van der Waals surface area contributed by atoms with Gasteiger partial charge in [-0.05, 0) is 6.92 Å². The molecule has 0 aliphatic carbocycles. The molecule has 1 rings (SSSR count). The zero-order chi connectivity index (χ0) is 5.11.